The fourth-order valence-corrected chi connectivity index (χ4v) is 2.88. The summed E-state index contributed by atoms with van der Waals surface area (Å²) in [5, 5.41) is 11.9. The highest BCUT2D eigenvalue weighted by Crippen LogP contribution is 2.27. The molecule has 3 rings (SSSR count). The first-order chi connectivity index (χ1) is 12.4. The Morgan fingerprint density at radius 3 is 2.31 bits per heavy atom. The van der Waals surface area contributed by atoms with Gasteiger partial charge in [0.2, 0.25) is 0 Å². The summed E-state index contributed by atoms with van der Waals surface area (Å²) in [5.41, 5.74) is 4.29. The van der Waals surface area contributed by atoms with Gasteiger partial charge in [0.15, 0.2) is 0 Å². The number of carboxylic acids is 1. The minimum atomic E-state index is -0.958. The second kappa shape index (κ2) is 7.45. The van der Waals surface area contributed by atoms with E-state index in [9.17, 15) is 9.59 Å². The van der Waals surface area contributed by atoms with Crippen molar-refractivity contribution in [1.29, 1.82) is 0 Å². The Kier molecular flexibility index (Phi) is 5.09. The molecule has 0 aromatic heterocycles. The van der Waals surface area contributed by atoms with Crippen molar-refractivity contribution in [2.75, 3.05) is 5.32 Å². The first kappa shape index (κ1) is 17.8. The predicted molar refractivity (Wildman–Crippen MR) is 105 cm³/mol. The summed E-state index contributed by atoms with van der Waals surface area (Å²) in [6.45, 7) is 1.97. The second-order valence-corrected chi connectivity index (χ2v) is 6.43. The third-order valence-corrected chi connectivity index (χ3v) is 4.32. The van der Waals surface area contributed by atoms with Crippen molar-refractivity contribution in [2.45, 2.75) is 11.8 Å². The van der Waals surface area contributed by atoms with E-state index in [-0.39, 0.29) is 11.5 Å². The van der Waals surface area contributed by atoms with Crippen LogP contribution in [0.4, 0.5) is 5.69 Å². The highest BCUT2D eigenvalue weighted by atomic mass is 32.1. The summed E-state index contributed by atoms with van der Waals surface area (Å²) in [6.07, 6.45) is 0. The minimum absolute atomic E-state index is 0.211. The molecule has 1 amide bonds. The van der Waals surface area contributed by atoms with E-state index in [2.05, 4.69) is 17.9 Å². The number of amides is 1. The van der Waals surface area contributed by atoms with Crippen molar-refractivity contribution in [2.24, 2.45) is 0 Å². The molecule has 26 heavy (non-hydrogen) atoms. The van der Waals surface area contributed by atoms with Crippen molar-refractivity contribution < 1.29 is 14.7 Å². The standard InChI is InChI=1S/C21H17NO3S/c1-13-5-10-17(22-20(23)16-3-2-4-18(26)11-16)12-19(13)14-6-8-15(9-7-14)21(24)25/h2-12,26H,1H3,(H,22,23)(H,24,25). The van der Waals surface area contributed by atoms with E-state index in [1.54, 1.807) is 42.5 Å². The summed E-state index contributed by atoms with van der Waals surface area (Å²) in [6, 6.07) is 19.3. The number of carboxylic acid groups (broad SMARTS) is 1. The molecule has 3 aromatic rings. The smallest absolute Gasteiger partial charge is 0.335 e. The lowest BCUT2D eigenvalue weighted by Crippen LogP contribution is -2.11. The van der Waals surface area contributed by atoms with Crippen LogP contribution in [0.25, 0.3) is 11.1 Å². The number of thiol groups is 1. The third-order valence-electron chi connectivity index (χ3n) is 4.05. The molecule has 0 saturated carbocycles. The van der Waals surface area contributed by atoms with Gasteiger partial charge in [-0.3, -0.25) is 4.79 Å². The van der Waals surface area contributed by atoms with Crippen LogP contribution in [-0.2, 0) is 0 Å². The van der Waals surface area contributed by atoms with Crippen LogP contribution in [0.15, 0.2) is 71.6 Å². The van der Waals surface area contributed by atoms with Gasteiger partial charge in [-0.2, -0.15) is 0 Å². The van der Waals surface area contributed by atoms with Crippen LogP contribution in [0.3, 0.4) is 0 Å². The maximum absolute atomic E-state index is 12.4. The number of benzene rings is 3. The Bertz CT molecular complexity index is 981. The highest BCUT2D eigenvalue weighted by molar-refractivity contribution is 7.80. The van der Waals surface area contributed by atoms with Crippen LogP contribution in [0.2, 0.25) is 0 Å². The summed E-state index contributed by atoms with van der Waals surface area (Å²) in [5.74, 6) is -1.17. The van der Waals surface area contributed by atoms with Crippen molar-refractivity contribution >= 4 is 30.2 Å². The van der Waals surface area contributed by atoms with Crippen molar-refractivity contribution in [3.05, 3.63) is 83.4 Å². The maximum Gasteiger partial charge on any atom is 0.335 e. The molecule has 130 valence electrons. The van der Waals surface area contributed by atoms with Crippen LogP contribution >= 0.6 is 12.6 Å². The van der Waals surface area contributed by atoms with Gasteiger partial charge < -0.3 is 10.4 Å². The lowest BCUT2D eigenvalue weighted by atomic mass is 9.98. The lowest BCUT2D eigenvalue weighted by molar-refractivity contribution is 0.0696. The third kappa shape index (κ3) is 3.95. The van der Waals surface area contributed by atoms with Crippen LogP contribution in [0.5, 0.6) is 0 Å². The number of anilines is 1. The fourth-order valence-electron chi connectivity index (χ4n) is 2.65. The Hall–Kier alpha value is -3.05. The zero-order chi connectivity index (χ0) is 18.7. The Balaban J connectivity index is 1.88. The van der Waals surface area contributed by atoms with Gasteiger partial charge in [-0.1, -0.05) is 24.3 Å². The van der Waals surface area contributed by atoms with E-state index in [1.807, 2.05) is 31.2 Å². The normalized spacial score (nSPS) is 10.4. The van der Waals surface area contributed by atoms with Crippen molar-refractivity contribution in [1.82, 2.24) is 0 Å². The number of rotatable bonds is 4. The highest BCUT2D eigenvalue weighted by Gasteiger charge is 2.10. The molecule has 0 radical (unpaired) electrons. The van der Waals surface area contributed by atoms with E-state index >= 15 is 0 Å². The van der Waals surface area contributed by atoms with E-state index < -0.39 is 5.97 Å². The molecule has 0 fully saturated rings. The van der Waals surface area contributed by atoms with E-state index in [1.165, 1.54) is 0 Å². The largest absolute Gasteiger partial charge is 0.478 e. The van der Waals surface area contributed by atoms with Crippen LogP contribution < -0.4 is 5.32 Å². The molecule has 0 aliphatic heterocycles. The number of hydrogen-bond donors (Lipinski definition) is 3. The van der Waals surface area contributed by atoms with Gasteiger partial charge in [-0.05, 0) is 66.1 Å². The first-order valence-electron chi connectivity index (χ1n) is 7.99. The average molecular weight is 363 g/mol. The molecule has 5 heteroatoms. The number of aryl methyl sites for hydroxylation is 1. The zero-order valence-corrected chi connectivity index (χ0v) is 15.0. The van der Waals surface area contributed by atoms with Gasteiger partial charge in [0.1, 0.15) is 0 Å². The molecule has 0 heterocycles. The molecule has 0 aliphatic rings. The summed E-state index contributed by atoms with van der Waals surface area (Å²) in [4.78, 5) is 24.1. The number of nitrogens with one attached hydrogen (secondary N) is 1. The number of carbonyl (C=O) groups is 2. The topological polar surface area (TPSA) is 66.4 Å². The van der Waals surface area contributed by atoms with E-state index in [4.69, 9.17) is 5.11 Å². The molecule has 2 N–H and O–H groups in total. The quantitative estimate of drug-likeness (QED) is 0.578. The molecule has 0 bridgehead atoms. The molecular formula is C21H17NO3S. The Morgan fingerprint density at radius 1 is 0.923 bits per heavy atom. The van der Waals surface area contributed by atoms with Gasteiger partial charge in [0.05, 0.1) is 5.56 Å². The van der Waals surface area contributed by atoms with E-state index in [0.717, 1.165) is 21.6 Å². The Morgan fingerprint density at radius 2 is 1.65 bits per heavy atom. The predicted octanol–water partition coefficient (Wildman–Crippen LogP) is 4.90. The second-order valence-electron chi connectivity index (χ2n) is 5.92. The molecule has 4 nitrogen and oxygen atoms in total. The van der Waals surface area contributed by atoms with Gasteiger partial charge in [0, 0.05) is 16.1 Å². The van der Waals surface area contributed by atoms with Crippen molar-refractivity contribution in [3.8, 4) is 11.1 Å². The number of aromatic carboxylic acids is 1. The first-order valence-corrected chi connectivity index (χ1v) is 8.43. The summed E-state index contributed by atoms with van der Waals surface area (Å²) in [7, 11) is 0. The molecule has 0 saturated heterocycles. The monoisotopic (exact) mass is 363 g/mol. The molecular weight excluding hydrogens is 346 g/mol. The summed E-state index contributed by atoms with van der Waals surface area (Å²) >= 11 is 4.25. The SMILES string of the molecule is Cc1ccc(NC(=O)c2cccc(S)c2)cc1-c1ccc(C(=O)O)cc1. The minimum Gasteiger partial charge on any atom is -0.478 e. The zero-order valence-electron chi connectivity index (χ0n) is 14.1. The van der Waals surface area contributed by atoms with Gasteiger partial charge >= 0.3 is 5.97 Å². The molecule has 3 aromatic carbocycles. The lowest BCUT2D eigenvalue weighted by Gasteiger charge is -2.11. The summed E-state index contributed by atoms with van der Waals surface area (Å²) < 4.78 is 0. The molecule has 0 spiro atoms. The molecule has 0 aliphatic carbocycles. The van der Waals surface area contributed by atoms with Crippen LogP contribution in [0, 0.1) is 6.92 Å². The van der Waals surface area contributed by atoms with Crippen LogP contribution in [-0.4, -0.2) is 17.0 Å². The van der Waals surface area contributed by atoms with Crippen molar-refractivity contribution in [3.63, 3.8) is 0 Å². The fraction of sp³-hybridized carbons (Fsp3) is 0.0476. The van der Waals surface area contributed by atoms with Gasteiger partial charge in [-0.25, -0.2) is 4.79 Å². The van der Waals surface area contributed by atoms with Crippen LogP contribution in [0.1, 0.15) is 26.3 Å². The van der Waals surface area contributed by atoms with Gasteiger partial charge in [-0.15, -0.1) is 12.6 Å². The Labute approximate surface area is 156 Å². The molecule has 0 atom stereocenters. The molecule has 0 unspecified atom stereocenters. The van der Waals surface area contributed by atoms with E-state index in [0.29, 0.717) is 11.3 Å². The average Bonchev–Trinajstić information content (AvgIpc) is 2.63. The maximum atomic E-state index is 12.4. The van der Waals surface area contributed by atoms with Gasteiger partial charge in [0.25, 0.3) is 5.91 Å². The number of hydrogen-bond acceptors (Lipinski definition) is 3. The number of carbonyl (C=O) groups excluding carboxylic acids is 1.